The second-order valence-electron chi connectivity index (χ2n) is 5.01. The molecule has 4 nitrogen and oxygen atoms in total. The SMILES string of the molecule is CCN1C(=S)NC(c2ccccn2)C1c1ccc(C)[nH]1. The van der Waals surface area contributed by atoms with E-state index in [1.54, 1.807) is 0 Å². The Hall–Kier alpha value is -1.88. The molecule has 104 valence electrons. The fourth-order valence-corrected chi connectivity index (χ4v) is 3.15. The Morgan fingerprint density at radius 3 is 2.75 bits per heavy atom. The minimum absolute atomic E-state index is 0.0849. The van der Waals surface area contributed by atoms with Crippen LogP contribution in [0.5, 0.6) is 0 Å². The van der Waals surface area contributed by atoms with Gasteiger partial charge in [0.2, 0.25) is 0 Å². The molecule has 0 aliphatic carbocycles. The van der Waals surface area contributed by atoms with Crippen molar-refractivity contribution < 1.29 is 0 Å². The van der Waals surface area contributed by atoms with Crippen LogP contribution in [0.1, 0.15) is 36.1 Å². The van der Waals surface area contributed by atoms with E-state index in [0.29, 0.717) is 0 Å². The number of thiocarbonyl (C=S) groups is 1. The Labute approximate surface area is 124 Å². The van der Waals surface area contributed by atoms with E-state index in [0.717, 1.165) is 23.0 Å². The summed E-state index contributed by atoms with van der Waals surface area (Å²) in [4.78, 5) is 10.1. The van der Waals surface area contributed by atoms with Crippen molar-refractivity contribution in [3.05, 3.63) is 53.6 Å². The zero-order valence-electron chi connectivity index (χ0n) is 11.6. The Balaban J connectivity index is 2.02. The number of aromatic nitrogens is 2. The summed E-state index contributed by atoms with van der Waals surface area (Å²) in [5.41, 5.74) is 3.35. The fraction of sp³-hybridized carbons (Fsp3) is 0.333. The molecule has 0 saturated carbocycles. The highest BCUT2D eigenvalue weighted by molar-refractivity contribution is 7.80. The highest BCUT2D eigenvalue weighted by Gasteiger charge is 2.39. The van der Waals surface area contributed by atoms with Gasteiger partial charge in [0.25, 0.3) is 0 Å². The van der Waals surface area contributed by atoms with Gasteiger partial charge < -0.3 is 15.2 Å². The Morgan fingerprint density at radius 2 is 2.15 bits per heavy atom. The van der Waals surface area contributed by atoms with Gasteiger partial charge in [0.15, 0.2) is 5.11 Å². The zero-order valence-corrected chi connectivity index (χ0v) is 12.4. The molecule has 0 bridgehead atoms. The number of nitrogens with one attached hydrogen (secondary N) is 2. The van der Waals surface area contributed by atoms with Gasteiger partial charge in [0.1, 0.15) is 0 Å². The summed E-state index contributed by atoms with van der Waals surface area (Å²) in [6.45, 7) is 5.06. The largest absolute Gasteiger partial charge is 0.361 e. The number of pyridine rings is 1. The van der Waals surface area contributed by atoms with Crippen molar-refractivity contribution >= 4 is 17.3 Å². The first kappa shape index (κ1) is 13.1. The van der Waals surface area contributed by atoms with Gasteiger partial charge in [-0.2, -0.15) is 0 Å². The quantitative estimate of drug-likeness (QED) is 0.852. The van der Waals surface area contributed by atoms with Crippen molar-refractivity contribution in [2.75, 3.05) is 6.54 Å². The first-order chi connectivity index (χ1) is 9.70. The van der Waals surface area contributed by atoms with Crippen LogP contribution in [-0.4, -0.2) is 26.5 Å². The lowest BCUT2D eigenvalue weighted by Crippen LogP contribution is -2.29. The summed E-state index contributed by atoms with van der Waals surface area (Å²) in [6.07, 6.45) is 1.83. The molecule has 20 heavy (non-hydrogen) atoms. The van der Waals surface area contributed by atoms with Crippen LogP contribution in [0.3, 0.4) is 0 Å². The van der Waals surface area contributed by atoms with Crippen molar-refractivity contribution in [1.29, 1.82) is 0 Å². The van der Waals surface area contributed by atoms with Crippen LogP contribution in [0.15, 0.2) is 36.5 Å². The molecule has 0 amide bonds. The van der Waals surface area contributed by atoms with Crippen molar-refractivity contribution in [1.82, 2.24) is 20.2 Å². The molecule has 1 aliphatic heterocycles. The Morgan fingerprint density at radius 1 is 1.30 bits per heavy atom. The summed E-state index contributed by atoms with van der Waals surface area (Å²) < 4.78 is 0. The maximum atomic E-state index is 5.47. The lowest BCUT2D eigenvalue weighted by Gasteiger charge is -2.25. The van der Waals surface area contributed by atoms with Crippen LogP contribution >= 0.6 is 12.2 Å². The van der Waals surface area contributed by atoms with E-state index >= 15 is 0 Å². The molecule has 5 heteroatoms. The number of H-pyrrole nitrogens is 1. The molecule has 0 radical (unpaired) electrons. The Kier molecular flexibility index (Phi) is 3.44. The molecule has 0 aromatic carbocycles. The molecular formula is C15H18N4S. The molecule has 3 heterocycles. The van der Waals surface area contributed by atoms with Gasteiger partial charge in [-0.3, -0.25) is 4.98 Å². The van der Waals surface area contributed by atoms with E-state index in [-0.39, 0.29) is 12.1 Å². The zero-order chi connectivity index (χ0) is 14.1. The lowest BCUT2D eigenvalue weighted by molar-refractivity contribution is 0.325. The minimum atomic E-state index is 0.0849. The third kappa shape index (κ3) is 2.18. The average molecular weight is 286 g/mol. The molecule has 0 spiro atoms. The first-order valence-corrected chi connectivity index (χ1v) is 7.25. The van der Waals surface area contributed by atoms with E-state index in [1.807, 2.05) is 24.4 Å². The van der Waals surface area contributed by atoms with Gasteiger partial charge in [-0.05, 0) is 50.3 Å². The highest BCUT2D eigenvalue weighted by atomic mass is 32.1. The van der Waals surface area contributed by atoms with Gasteiger partial charge in [0.05, 0.1) is 17.8 Å². The minimum Gasteiger partial charge on any atom is -0.361 e. The van der Waals surface area contributed by atoms with Crippen molar-refractivity contribution in [2.45, 2.75) is 25.9 Å². The molecule has 1 saturated heterocycles. The van der Waals surface area contributed by atoms with Crippen molar-refractivity contribution in [3.8, 4) is 0 Å². The maximum Gasteiger partial charge on any atom is 0.170 e. The smallest absolute Gasteiger partial charge is 0.170 e. The molecule has 2 aromatic heterocycles. The molecule has 1 aliphatic rings. The summed E-state index contributed by atoms with van der Waals surface area (Å²) in [5.74, 6) is 0. The second-order valence-corrected chi connectivity index (χ2v) is 5.40. The number of likely N-dealkylation sites (N-methyl/N-ethyl adjacent to an activating group) is 1. The third-order valence-electron chi connectivity index (χ3n) is 3.71. The monoisotopic (exact) mass is 286 g/mol. The number of aromatic amines is 1. The normalized spacial score (nSPS) is 22.1. The van der Waals surface area contributed by atoms with Crippen LogP contribution in [0.2, 0.25) is 0 Å². The Bertz CT molecular complexity index is 607. The molecule has 2 N–H and O–H groups in total. The molecule has 1 fully saturated rings. The molecule has 3 rings (SSSR count). The maximum absolute atomic E-state index is 5.47. The van der Waals surface area contributed by atoms with Crippen LogP contribution in [-0.2, 0) is 0 Å². The van der Waals surface area contributed by atoms with Crippen LogP contribution in [0, 0.1) is 6.92 Å². The molecular weight excluding hydrogens is 268 g/mol. The summed E-state index contributed by atoms with van der Waals surface area (Å²) in [5, 5.41) is 4.20. The van der Waals surface area contributed by atoms with Gasteiger partial charge >= 0.3 is 0 Å². The van der Waals surface area contributed by atoms with E-state index in [1.165, 1.54) is 5.69 Å². The highest BCUT2D eigenvalue weighted by Crippen LogP contribution is 2.37. The van der Waals surface area contributed by atoms with Crippen molar-refractivity contribution in [2.24, 2.45) is 0 Å². The number of rotatable bonds is 3. The van der Waals surface area contributed by atoms with Crippen LogP contribution in [0.25, 0.3) is 0 Å². The number of hydrogen-bond donors (Lipinski definition) is 2. The lowest BCUT2D eigenvalue weighted by atomic mass is 10.0. The number of aryl methyl sites for hydroxylation is 1. The van der Waals surface area contributed by atoms with E-state index < -0.39 is 0 Å². The van der Waals surface area contributed by atoms with Gasteiger partial charge in [0, 0.05) is 24.1 Å². The predicted octanol–water partition coefficient (Wildman–Crippen LogP) is 2.71. The molecule has 2 aromatic rings. The van der Waals surface area contributed by atoms with Crippen LogP contribution in [0.4, 0.5) is 0 Å². The van der Waals surface area contributed by atoms with E-state index in [2.05, 4.69) is 46.2 Å². The average Bonchev–Trinajstić information content (AvgIpc) is 3.03. The molecule has 2 atom stereocenters. The summed E-state index contributed by atoms with van der Waals surface area (Å²) >= 11 is 5.47. The van der Waals surface area contributed by atoms with Crippen molar-refractivity contribution in [3.63, 3.8) is 0 Å². The first-order valence-electron chi connectivity index (χ1n) is 6.84. The van der Waals surface area contributed by atoms with Gasteiger partial charge in [-0.1, -0.05) is 6.07 Å². The van der Waals surface area contributed by atoms with E-state index in [4.69, 9.17) is 12.2 Å². The van der Waals surface area contributed by atoms with E-state index in [9.17, 15) is 0 Å². The fourth-order valence-electron chi connectivity index (χ4n) is 2.78. The summed E-state index contributed by atoms with van der Waals surface area (Å²) in [7, 11) is 0. The number of nitrogens with zero attached hydrogens (tertiary/aromatic N) is 2. The summed E-state index contributed by atoms with van der Waals surface area (Å²) in [6, 6.07) is 10.5. The third-order valence-corrected chi connectivity index (χ3v) is 4.06. The molecule has 2 unspecified atom stereocenters. The number of hydrogen-bond acceptors (Lipinski definition) is 2. The topological polar surface area (TPSA) is 44.0 Å². The van der Waals surface area contributed by atoms with Gasteiger partial charge in [-0.15, -0.1) is 0 Å². The standard InChI is InChI=1S/C15H18N4S/c1-3-19-14(12-8-7-10(2)17-12)13(18-15(19)20)11-6-4-5-9-16-11/h4-9,13-14,17H,3H2,1-2H3,(H,18,20). The second kappa shape index (κ2) is 5.25. The van der Waals surface area contributed by atoms with Gasteiger partial charge in [-0.25, -0.2) is 0 Å². The predicted molar refractivity (Wildman–Crippen MR) is 83.4 cm³/mol. The van der Waals surface area contributed by atoms with Crippen LogP contribution < -0.4 is 5.32 Å².